The zero-order valence-corrected chi connectivity index (χ0v) is 30.1. The van der Waals surface area contributed by atoms with Gasteiger partial charge in [-0.2, -0.15) is 0 Å². The summed E-state index contributed by atoms with van der Waals surface area (Å²) in [6.07, 6.45) is 0.109. The molecule has 2 unspecified atom stereocenters. The monoisotopic (exact) mass is 752 g/mol. The molecule has 2 fully saturated rings. The van der Waals surface area contributed by atoms with E-state index in [-0.39, 0.29) is 57.1 Å². The molecule has 15 heteroatoms. The molecule has 0 spiro atoms. The third-order valence-electron chi connectivity index (χ3n) is 7.33. The van der Waals surface area contributed by atoms with Gasteiger partial charge >= 0.3 is 0 Å². The van der Waals surface area contributed by atoms with Crippen LogP contribution in [-0.2, 0) is 23.9 Å². The Morgan fingerprint density at radius 2 is 1.60 bits per heavy atom. The summed E-state index contributed by atoms with van der Waals surface area (Å²) in [5, 5.41) is 1.08. The number of aryl methyl sites for hydroxylation is 1. The maximum absolute atomic E-state index is 14.2. The Bertz CT molecular complexity index is 1740. The number of nitrogens with zero attached hydrogens (tertiary/aromatic N) is 3. The van der Waals surface area contributed by atoms with Gasteiger partial charge in [-0.05, 0) is 61.9 Å². The first-order chi connectivity index (χ1) is 23.0. The SMILES string of the molecule is CCOCCOCCOc1ccc(C)cc1SC1C(=O)N(c2c(Cl)cc(Cl)cc2Cl)NC1=Nc1cc(N2C(=O)CC(C)C2=O)ccc1Cl. The smallest absolute Gasteiger partial charge is 0.267 e. The Morgan fingerprint density at radius 1 is 0.896 bits per heavy atom. The van der Waals surface area contributed by atoms with Gasteiger partial charge in [0.15, 0.2) is 0 Å². The van der Waals surface area contributed by atoms with Gasteiger partial charge in [-0.15, -0.1) is 11.8 Å². The van der Waals surface area contributed by atoms with Gasteiger partial charge < -0.3 is 14.2 Å². The minimum atomic E-state index is -0.950. The lowest BCUT2D eigenvalue weighted by atomic mass is 10.1. The third-order valence-corrected chi connectivity index (χ3v) is 9.68. The van der Waals surface area contributed by atoms with Gasteiger partial charge in [-0.25, -0.2) is 10.0 Å². The van der Waals surface area contributed by atoms with Crippen LogP contribution in [0.2, 0.25) is 20.1 Å². The number of amides is 3. The maximum Gasteiger partial charge on any atom is 0.267 e. The van der Waals surface area contributed by atoms with Gasteiger partial charge in [-0.3, -0.25) is 24.7 Å². The Hall–Kier alpha value is -3.03. The van der Waals surface area contributed by atoms with Crippen molar-refractivity contribution in [1.29, 1.82) is 0 Å². The number of carbonyl (C=O) groups excluding carboxylic acids is 3. The lowest BCUT2D eigenvalue weighted by Crippen LogP contribution is -2.36. The topological polar surface area (TPSA) is 110 Å². The number of hydrogen-bond acceptors (Lipinski definition) is 8. The first kappa shape index (κ1) is 36.3. The first-order valence-electron chi connectivity index (χ1n) is 15.0. The summed E-state index contributed by atoms with van der Waals surface area (Å²) in [5.74, 6) is -0.748. The molecule has 3 aromatic rings. The zero-order chi connectivity index (χ0) is 34.5. The van der Waals surface area contributed by atoms with Gasteiger partial charge in [0.05, 0.1) is 51.2 Å². The van der Waals surface area contributed by atoms with Crippen molar-refractivity contribution in [3.63, 3.8) is 0 Å². The molecule has 10 nitrogen and oxygen atoms in total. The highest BCUT2D eigenvalue weighted by atomic mass is 35.5. The summed E-state index contributed by atoms with van der Waals surface area (Å²) >= 11 is 27.0. The average molecular weight is 755 g/mol. The number of carbonyl (C=O) groups is 3. The molecule has 1 N–H and O–H groups in total. The molecule has 0 bridgehead atoms. The standard InChI is InChI=1S/C33H32Cl4N4O6S/c1-4-45-9-10-46-11-12-47-26-8-5-18(2)13-27(26)48-30-31(39-41(33(30)44)29-23(36)15-20(34)16-24(29)37)38-25-17-21(6-7-22(25)35)40-28(42)14-19(3)32(40)43/h5-8,13,15-17,19,30H,4,9-12,14H2,1-3H3,(H,38,39). The number of hydrogen-bond donors (Lipinski definition) is 1. The fraction of sp³-hybridized carbons (Fsp3) is 0.333. The van der Waals surface area contributed by atoms with E-state index < -0.39 is 17.1 Å². The number of aliphatic imine (C=N–C) groups is 1. The van der Waals surface area contributed by atoms with Crippen LogP contribution in [0.4, 0.5) is 17.1 Å². The van der Waals surface area contributed by atoms with Crippen molar-refractivity contribution in [2.45, 2.75) is 37.3 Å². The lowest BCUT2D eigenvalue weighted by molar-refractivity contribution is -0.122. The number of thioether (sulfide) groups is 1. The number of anilines is 2. The van der Waals surface area contributed by atoms with Crippen LogP contribution < -0.4 is 20.1 Å². The zero-order valence-electron chi connectivity index (χ0n) is 26.2. The van der Waals surface area contributed by atoms with E-state index in [2.05, 4.69) is 5.43 Å². The van der Waals surface area contributed by atoms with Crippen molar-refractivity contribution in [3.8, 4) is 5.75 Å². The highest BCUT2D eigenvalue weighted by molar-refractivity contribution is 8.01. The Labute approximate surface area is 302 Å². The van der Waals surface area contributed by atoms with Gasteiger partial charge in [-0.1, -0.05) is 59.4 Å². The predicted octanol–water partition coefficient (Wildman–Crippen LogP) is 7.68. The van der Waals surface area contributed by atoms with Gasteiger partial charge in [0.2, 0.25) is 11.8 Å². The summed E-state index contributed by atoms with van der Waals surface area (Å²) in [7, 11) is 0. The number of benzene rings is 3. The number of halogens is 4. The predicted molar refractivity (Wildman–Crippen MR) is 191 cm³/mol. The number of nitrogens with one attached hydrogen (secondary N) is 1. The van der Waals surface area contributed by atoms with Crippen molar-refractivity contribution in [3.05, 3.63) is 74.2 Å². The van der Waals surface area contributed by atoms with E-state index in [0.717, 1.165) is 10.5 Å². The van der Waals surface area contributed by atoms with E-state index in [9.17, 15) is 14.4 Å². The van der Waals surface area contributed by atoms with E-state index in [1.165, 1.54) is 35.0 Å². The molecule has 0 aliphatic carbocycles. The highest BCUT2D eigenvalue weighted by Crippen LogP contribution is 2.42. The fourth-order valence-corrected chi connectivity index (χ4v) is 7.33. The summed E-state index contributed by atoms with van der Waals surface area (Å²) in [6, 6.07) is 13.3. The van der Waals surface area contributed by atoms with Crippen LogP contribution in [0.1, 0.15) is 25.8 Å². The minimum Gasteiger partial charge on any atom is -0.490 e. The van der Waals surface area contributed by atoms with Crippen LogP contribution in [0.25, 0.3) is 0 Å². The lowest BCUT2D eigenvalue weighted by Gasteiger charge is -2.19. The highest BCUT2D eigenvalue weighted by Gasteiger charge is 2.42. The largest absolute Gasteiger partial charge is 0.490 e. The van der Waals surface area contributed by atoms with E-state index >= 15 is 0 Å². The van der Waals surface area contributed by atoms with E-state index in [4.69, 9.17) is 65.6 Å². The van der Waals surface area contributed by atoms with Crippen LogP contribution >= 0.6 is 58.2 Å². The molecule has 2 saturated heterocycles. The van der Waals surface area contributed by atoms with Crippen molar-refractivity contribution in [1.82, 2.24) is 5.43 Å². The molecule has 0 radical (unpaired) electrons. The summed E-state index contributed by atoms with van der Waals surface area (Å²) in [4.78, 5) is 46.1. The van der Waals surface area contributed by atoms with Crippen molar-refractivity contribution >= 4 is 98.8 Å². The number of ether oxygens (including phenoxy) is 3. The van der Waals surface area contributed by atoms with Crippen molar-refractivity contribution in [2.75, 3.05) is 42.9 Å². The second-order valence-corrected chi connectivity index (χ2v) is 13.7. The van der Waals surface area contributed by atoms with Crippen LogP contribution in [0.3, 0.4) is 0 Å². The molecule has 254 valence electrons. The van der Waals surface area contributed by atoms with Crippen LogP contribution in [-0.4, -0.2) is 61.8 Å². The second-order valence-electron chi connectivity index (χ2n) is 10.9. The quantitative estimate of drug-likeness (QED) is 0.140. The van der Waals surface area contributed by atoms with Gasteiger partial charge in [0.1, 0.15) is 29.1 Å². The fourth-order valence-electron chi connectivity index (χ4n) is 5.01. The molecule has 48 heavy (non-hydrogen) atoms. The Morgan fingerprint density at radius 3 is 2.29 bits per heavy atom. The van der Waals surface area contributed by atoms with Gasteiger partial charge in [0.25, 0.3) is 5.91 Å². The van der Waals surface area contributed by atoms with E-state index in [0.29, 0.717) is 47.8 Å². The van der Waals surface area contributed by atoms with E-state index in [1.807, 2.05) is 32.0 Å². The molecule has 0 aromatic heterocycles. The van der Waals surface area contributed by atoms with E-state index in [1.54, 1.807) is 19.1 Å². The molecular formula is C33H32Cl4N4O6S. The summed E-state index contributed by atoms with van der Waals surface area (Å²) in [6.45, 7) is 7.74. The number of rotatable bonds is 13. The summed E-state index contributed by atoms with van der Waals surface area (Å²) < 4.78 is 16.9. The third kappa shape index (κ3) is 8.22. The normalized spacial score (nSPS) is 18.7. The number of amidine groups is 1. The first-order valence-corrected chi connectivity index (χ1v) is 17.4. The Kier molecular flexibility index (Phi) is 12.2. The average Bonchev–Trinajstić information content (AvgIpc) is 3.46. The molecule has 2 aliphatic rings. The minimum absolute atomic E-state index is 0.109. The van der Waals surface area contributed by atoms with Crippen molar-refractivity contribution < 1.29 is 28.6 Å². The van der Waals surface area contributed by atoms with Crippen LogP contribution in [0.5, 0.6) is 5.75 Å². The molecule has 3 aromatic carbocycles. The molecular weight excluding hydrogens is 722 g/mol. The molecule has 2 atom stereocenters. The summed E-state index contributed by atoms with van der Waals surface area (Å²) in [5.41, 5.74) is 4.74. The number of imide groups is 1. The van der Waals surface area contributed by atoms with Gasteiger partial charge in [0, 0.05) is 24.0 Å². The molecule has 2 aliphatic heterocycles. The molecule has 5 rings (SSSR count). The number of hydrazine groups is 1. The molecule has 3 amide bonds. The Balaban J connectivity index is 1.49. The van der Waals surface area contributed by atoms with Crippen molar-refractivity contribution in [2.24, 2.45) is 10.9 Å². The maximum atomic E-state index is 14.2. The van der Waals surface area contributed by atoms with Crippen LogP contribution in [0.15, 0.2) is 58.4 Å². The van der Waals surface area contributed by atoms with Crippen LogP contribution in [0, 0.1) is 12.8 Å². The molecule has 2 heterocycles. The second kappa shape index (κ2) is 16.1. The molecule has 0 saturated carbocycles.